The predicted octanol–water partition coefficient (Wildman–Crippen LogP) is 8.55. The molecule has 0 heterocycles. The molecule has 8 aromatic rings. The maximum absolute atomic E-state index is 10.1. The highest BCUT2D eigenvalue weighted by molar-refractivity contribution is 7.20. The Bertz CT molecular complexity index is 2160. The number of phenols is 4. The van der Waals surface area contributed by atoms with Gasteiger partial charge in [-0.05, 0) is 114 Å². The van der Waals surface area contributed by atoms with E-state index in [0.29, 0.717) is 0 Å². The minimum atomic E-state index is -3.20. The molecule has 4 nitrogen and oxygen atoms in total. The molecule has 0 bridgehead atoms. The van der Waals surface area contributed by atoms with E-state index in [4.69, 9.17) is 0 Å². The van der Waals surface area contributed by atoms with Crippen LogP contribution < -0.4 is 20.7 Å². The maximum atomic E-state index is 10.1. The SMILES string of the molecule is Oc1ccc(-c2cccc([Si](c3cccc(-c4ccc(O)cc4)c3)(c3cccc(-c4ccc(O)cc4)c3)c3cccc(-c4ccc(O)cc4)c3)c2)cc1. The monoisotopic (exact) mass is 704 g/mol. The number of benzene rings is 8. The Hall–Kier alpha value is -6.82. The molecule has 53 heavy (non-hydrogen) atoms. The van der Waals surface area contributed by atoms with Crippen molar-refractivity contribution in [2.24, 2.45) is 0 Å². The van der Waals surface area contributed by atoms with E-state index >= 15 is 0 Å². The van der Waals surface area contributed by atoms with Gasteiger partial charge in [-0.3, -0.25) is 0 Å². The summed E-state index contributed by atoms with van der Waals surface area (Å²) in [5, 5.41) is 45.1. The van der Waals surface area contributed by atoms with Crippen molar-refractivity contribution in [3.8, 4) is 67.5 Å². The van der Waals surface area contributed by atoms with Gasteiger partial charge in [0.25, 0.3) is 0 Å². The van der Waals surface area contributed by atoms with Crippen molar-refractivity contribution < 1.29 is 20.4 Å². The molecule has 4 N–H and O–H groups in total. The van der Waals surface area contributed by atoms with Gasteiger partial charge in [0.05, 0.1) is 0 Å². The lowest BCUT2D eigenvalue weighted by Gasteiger charge is -2.35. The van der Waals surface area contributed by atoms with Gasteiger partial charge in [0.1, 0.15) is 23.0 Å². The fraction of sp³-hybridized carbons (Fsp3) is 0. The third kappa shape index (κ3) is 6.58. The Labute approximate surface area is 309 Å². The molecule has 0 fully saturated rings. The summed E-state index contributed by atoms with van der Waals surface area (Å²) in [4.78, 5) is 0. The Kier molecular flexibility index (Phi) is 8.84. The van der Waals surface area contributed by atoms with E-state index in [1.807, 2.05) is 48.5 Å². The van der Waals surface area contributed by atoms with E-state index in [9.17, 15) is 20.4 Å². The minimum Gasteiger partial charge on any atom is -0.508 e. The average molecular weight is 705 g/mol. The average Bonchev–Trinajstić information content (AvgIpc) is 3.20. The molecule has 256 valence electrons. The van der Waals surface area contributed by atoms with Gasteiger partial charge in [0.2, 0.25) is 0 Å². The maximum Gasteiger partial charge on any atom is 0.179 e. The molecular formula is C48H36O4Si. The second-order valence-corrected chi connectivity index (χ2v) is 17.1. The summed E-state index contributed by atoms with van der Waals surface area (Å²) in [6.07, 6.45) is 0. The van der Waals surface area contributed by atoms with Crippen LogP contribution in [-0.2, 0) is 0 Å². The molecule has 8 aromatic carbocycles. The van der Waals surface area contributed by atoms with Gasteiger partial charge in [-0.25, -0.2) is 0 Å². The van der Waals surface area contributed by atoms with Crippen molar-refractivity contribution in [1.82, 2.24) is 0 Å². The molecule has 0 saturated heterocycles. The Morgan fingerprint density at radius 3 is 0.642 bits per heavy atom. The molecule has 0 aliphatic heterocycles. The lowest BCUT2D eigenvalue weighted by molar-refractivity contribution is 0.475. The van der Waals surface area contributed by atoms with Gasteiger partial charge in [0, 0.05) is 0 Å². The topological polar surface area (TPSA) is 80.9 Å². The molecule has 0 amide bonds. The standard InChI is InChI=1S/C48H36O4Si/c49-41-21-13-33(14-22-41)37-5-1-9-45(29-37)53(46-10-2-6-38(30-46)34-15-23-42(50)24-16-34,47-11-3-7-39(31-47)35-17-25-43(51)26-18-35)48-12-4-8-40(32-48)36-19-27-44(52)28-20-36/h1-32,49-52H. The van der Waals surface area contributed by atoms with Gasteiger partial charge in [-0.1, -0.05) is 146 Å². The first-order valence-corrected chi connectivity index (χ1v) is 19.5. The molecule has 5 heteroatoms. The van der Waals surface area contributed by atoms with Crippen molar-refractivity contribution >= 4 is 28.8 Å². The summed E-state index contributed by atoms with van der Waals surface area (Å²) in [6, 6.07) is 64.4. The van der Waals surface area contributed by atoms with E-state index in [2.05, 4.69) is 97.1 Å². The van der Waals surface area contributed by atoms with E-state index in [0.717, 1.165) is 44.5 Å². The van der Waals surface area contributed by atoms with Gasteiger partial charge < -0.3 is 20.4 Å². The summed E-state index contributed by atoms with van der Waals surface area (Å²) < 4.78 is 0. The van der Waals surface area contributed by atoms with Crippen molar-refractivity contribution in [3.63, 3.8) is 0 Å². The molecule has 0 atom stereocenters. The number of rotatable bonds is 8. The lowest BCUT2D eigenvalue weighted by Crippen LogP contribution is -2.74. The first-order chi connectivity index (χ1) is 25.9. The van der Waals surface area contributed by atoms with Crippen molar-refractivity contribution in [3.05, 3.63) is 194 Å². The zero-order chi connectivity index (χ0) is 36.4. The minimum absolute atomic E-state index is 0.219. The van der Waals surface area contributed by atoms with Crippen LogP contribution in [-0.4, -0.2) is 28.5 Å². The predicted molar refractivity (Wildman–Crippen MR) is 218 cm³/mol. The van der Waals surface area contributed by atoms with Crippen LogP contribution in [0.3, 0.4) is 0 Å². The third-order valence-electron chi connectivity index (χ3n) is 9.98. The van der Waals surface area contributed by atoms with Crippen LogP contribution in [0, 0.1) is 0 Å². The largest absolute Gasteiger partial charge is 0.508 e. The fourth-order valence-electron chi connectivity index (χ4n) is 7.34. The zero-order valence-electron chi connectivity index (χ0n) is 28.8. The summed E-state index contributed by atoms with van der Waals surface area (Å²) in [7, 11) is -3.20. The molecule has 0 unspecified atom stereocenters. The number of hydrogen-bond donors (Lipinski definition) is 4. The van der Waals surface area contributed by atoms with Gasteiger partial charge in [0.15, 0.2) is 8.07 Å². The van der Waals surface area contributed by atoms with Crippen molar-refractivity contribution in [2.45, 2.75) is 0 Å². The quantitative estimate of drug-likeness (QED) is 0.0945. The molecule has 0 aliphatic carbocycles. The molecule has 0 spiro atoms. The molecular weight excluding hydrogens is 669 g/mol. The van der Waals surface area contributed by atoms with Crippen LogP contribution in [0.5, 0.6) is 23.0 Å². The van der Waals surface area contributed by atoms with Crippen LogP contribution in [0.4, 0.5) is 0 Å². The second-order valence-electron chi connectivity index (χ2n) is 13.3. The van der Waals surface area contributed by atoms with E-state index in [-0.39, 0.29) is 23.0 Å². The Morgan fingerprint density at radius 2 is 0.434 bits per heavy atom. The first kappa shape index (κ1) is 33.3. The van der Waals surface area contributed by atoms with Crippen LogP contribution in [0.15, 0.2) is 194 Å². The van der Waals surface area contributed by atoms with Gasteiger partial charge >= 0.3 is 0 Å². The summed E-state index contributed by atoms with van der Waals surface area (Å²) in [5.41, 5.74) is 8.16. The van der Waals surface area contributed by atoms with Crippen molar-refractivity contribution in [2.75, 3.05) is 0 Å². The number of hydrogen-bond acceptors (Lipinski definition) is 4. The number of phenolic OH excluding ortho intramolecular Hbond substituents is 4. The normalized spacial score (nSPS) is 11.3. The van der Waals surface area contributed by atoms with Gasteiger partial charge in [-0.2, -0.15) is 0 Å². The summed E-state index contributed by atoms with van der Waals surface area (Å²) >= 11 is 0. The molecule has 0 saturated carbocycles. The second kappa shape index (κ2) is 14.1. The highest BCUT2D eigenvalue weighted by atomic mass is 28.3. The highest BCUT2D eigenvalue weighted by Crippen LogP contribution is 2.28. The third-order valence-corrected chi connectivity index (χ3v) is 14.7. The molecule has 0 radical (unpaired) electrons. The van der Waals surface area contributed by atoms with E-state index in [1.54, 1.807) is 48.5 Å². The van der Waals surface area contributed by atoms with Crippen LogP contribution >= 0.6 is 0 Å². The molecule has 0 aliphatic rings. The smallest absolute Gasteiger partial charge is 0.179 e. The Morgan fingerprint density at radius 1 is 0.226 bits per heavy atom. The number of aromatic hydroxyl groups is 4. The van der Waals surface area contributed by atoms with Crippen LogP contribution in [0.2, 0.25) is 0 Å². The zero-order valence-corrected chi connectivity index (χ0v) is 29.8. The Balaban J connectivity index is 1.46. The molecule has 8 rings (SSSR count). The molecule has 0 aromatic heterocycles. The van der Waals surface area contributed by atoms with Crippen LogP contribution in [0.25, 0.3) is 44.5 Å². The van der Waals surface area contributed by atoms with Gasteiger partial charge in [-0.15, -0.1) is 0 Å². The van der Waals surface area contributed by atoms with Crippen LogP contribution in [0.1, 0.15) is 0 Å². The first-order valence-electron chi connectivity index (χ1n) is 17.5. The van der Waals surface area contributed by atoms with Crippen molar-refractivity contribution in [1.29, 1.82) is 0 Å². The highest BCUT2D eigenvalue weighted by Gasteiger charge is 2.42. The van der Waals surface area contributed by atoms with E-state index in [1.165, 1.54) is 20.7 Å². The summed E-state index contributed by atoms with van der Waals surface area (Å²) in [6.45, 7) is 0. The fourth-order valence-corrected chi connectivity index (χ4v) is 12.2. The van der Waals surface area contributed by atoms with E-state index < -0.39 is 8.07 Å². The lowest BCUT2D eigenvalue weighted by atomic mass is 10.1. The summed E-state index contributed by atoms with van der Waals surface area (Å²) in [5.74, 6) is 0.877.